The molecule has 1 amide bonds. The fourth-order valence-corrected chi connectivity index (χ4v) is 1.53. The summed E-state index contributed by atoms with van der Waals surface area (Å²) in [4.78, 5) is 13.1. The maximum Gasteiger partial charge on any atom is 0.226 e. The minimum Gasteiger partial charge on any atom is -0.349 e. The van der Waals surface area contributed by atoms with E-state index in [0.717, 1.165) is 19.5 Å². The van der Waals surface area contributed by atoms with Crippen molar-refractivity contribution in [2.45, 2.75) is 6.42 Å². The molecular formula is C8H17N3O. The molecule has 1 unspecified atom stereocenters. The third-order valence-electron chi connectivity index (χ3n) is 2.29. The number of carbonyl (C=O) groups is 1. The molecule has 0 aromatic carbocycles. The predicted molar refractivity (Wildman–Crippen MR) is 47.4 cm³/mol. The Morgan fingerprint density at radius 3 is 2.67 bits per heavy atom. The Kier molecular flexibility index (Phi) is 3.05. The Morgan fingerprint density at radius 2 is 2.25 bits per heavy atom. The van der Waals surface area contributed by atoms with Crippen LogP contribution < -0.4 is 5.43 Å². The zero-order valence-electron chi connectivity index (χ0n) is 8.00. The van der Waals surface area contributed by atoms with Gasteiger partial charge >= 0.3 is 0 Å². The maximum absolute atomic E-state index is 11.5. The topological polar surface area (TPSA) is 35.6 Å². The number of nitrogens with one attached hydrogen (secondary N) is 1. The average Bonchev–Trinajstić information content (AvgIpc) is 2.50. The summed E-state index contributed by atoms with van der Waals surface area (Å²) >= 11 is 0. The van der Waals surface area contributed by atoms with E-state index in [-0.39, 0.29) is 11.8 Å². The monoisotopic (exact) mass is 171 g/mol. The lowest BCUT2D eigenvalue weighted by Crippen LogP contribution is -2.36. The van der Waals surface area contributed by atoms with Crippen LogP contribution in [0.4, 0.5) is 0 Å². The van der Waals surface area contributed by atoms with Crippen molar-refractivity contribution in [2.75, 3.05) is 34.2 Å². The molecule has 1 fully saturated rings. The van der Waals surface area contributed by atoms with Gasteiger partial charge in [-0.15, -0.1) is 0 Å². The van der Waals surface area contributed by atoms with Crippen LogP contribution in [0.25, 0.3) is 0 Å². The second kappa shape index (κ2) is 3.87. The molecule has 1 N–H and O–H groups in total. The molecular weight excluding hydrogens is 154 g/mol. The van der Waals surface area contributed by atoms with Crippen LogP contribution in [-0.2, 0) is 4.79 Å². The summed E-state index contributed by atoms with van der Waals surface area (Å²) in [5, 5.41) is 2.08. The molecule has 0 bridgehead atoms. The van der Waals surface area contributed by atoms with Crippen LogP contribution in [0.2, 0.25) is 0 Å². The molecule has 0 radical (unpaired) electrons. The molecule has 1 rings (SSSR count). The molecule has 4 heteroatoms. The minimum atomic E-state index is 0.187. The normalized spacial score (nSPS) is 24.4. The van der Waals surface area contributed by atoms with Gasteiger partial charge in [0.15, 0.2) is 0 Å². The maximum atomic E-state index is 11.5. The van der Waals surface area contributed by atoms with E-state index in [1.807, 2.05) is 21.1 Å². The summed E-state index contributed by atoms with van der Waals surface area (Å²) in [6.07, 6.45) is 0.970. The number of hydrogen-bond donors (Lipinski definition) is 1. The van der Waals surface area contributed by atoms with Crippen molar-refractivity contribution in [2.24, 2.45) is 5.92 Å². The molecule has 0 saturated carbocycles. The van der Waals surface area contributed by atoms with E-state index in [1.165, 1.54) is 0 Å². The Bertz CT molecular complexity index is 170. The minimum absolute atomic E-state index is 0.187. The highest BCUT2D eigenvalue weighted by molar-refractivity contribution is 5.78. The van der Waals surface area contributed by atoms with E-state index in [9.17, 15) is 4.79 Å². The number of rotatable bonds is 2. The van der Waals surface area contributed by atoms with Crippen molar-refractivity contribution in [3.63, 3.8) is 0 Å². The zero-order chi connectivity index (χ0) is 9.14. The molecule has 1 aliphatic rings. The van der Waals surface area contributed by atoms with E-state index in [0.29, 0.717) is 0 Å². The summed E-state index contributed by atoms with van der Waals surface area (Å²) < 4.78 is 0. The molecule has 0 aliphatic carbocycles. The lowest BCUT2D eigenvalue weighted by Gasteiger charge is -2.16. The number of amides is 1. The average molecular weight is 171 g/mol. The second-order valence-corrected chi connectivity index (χ2v) is 3.39. The molecule has 0 spiro atoms. The van der Waals surface area contributed by atoms with Gasteiger partial charge in [-0.25, -0.2) is 5.01 Å². The first-order chi connectivity index (χ1) is 5.65. The number of carbonyl (C=O) groups excluding carboxylic acids is 1. The zero-order valence-corrected chi connectivity index (χ0v) is 8.00. The molecule has 0 aromatic rings. The highest BCUT2D eigenvalue weighted by Crippen LogP contribution is 2.15. The van der Waals surface area contributed by atoms with Crippen LogP contribution in [0.3, 0.4) is 0 Å². The van der Waals surface area contributed by atoms with Crippen molar-refractivity contribution in [1.82, 2.24) is 15.3 Å². The molecule has 70 valence electrons. The fraction of sp³-hybridized carbons (Fsp3) is 0.875. The first kappa shape index (κ1) is 9.48. The van der Waals surface area contributed by atoms with Crippen LogP contribution in [0.1, 0.15) is 6.42 Å². The van der Waals surface area contributed by atoms with Gasteiger partial charge in [0.05, 0.1) is 5.92 Å². The van der Waals surface area contributed by atoms with Crippen LogP contribution in [0.15, 0.2) is 0 Å². The molecule has 0 aromatic heterocycles. The van der Waals surface area contributed by atoms with E-state index in [2.05, 4.69) is 10.4 Å². The molecule has 1 heterocycles. The van der Waals surface area contributed by atoms with Gasteiger partial charge in [-0.05, 0) is 13.5 Å². The van der Waals surface area contributed by atoms with Crippen molar-refractivity contribution >= 4 is 5.91 Å². The third kappa shape index (κ3) is 1.95. The molecule has 1 atom stereocenters. The summed E-state index contributed by atoms with van der Waals surface area (Å²) in [6, 6.07) is 0. The quantitative estimate of drug-likeness (QED) is 0.610. The van der Waals surface area contributed by atoms with Crippen LogP contribution >= 0.6 is 0 Å². The lowest BCUT2D eigenvalue weighted by atomic mass is 10.1. The Labute approximate surface area is 73.5 Å². The summed E-state index contributed by atoms with van der Waals surface area (Å²) in [7, 11) is 5.51. The van der Waals surface area contributed by atoms with Crippen molar-refractivity contribution in [1.29, 1.82) is 0 Å². The first-order valence-corrected chi connectivity index (χ1v) is 4.28. The van der Waals surface area contributed by atoms with E-state index >= 15 is 0 Å². The van der Waals surface area contributed by atoms with Gasteiger partial charge in [0.1, 0.15) is 0 Å². The van der Waals surface area contributed by atoms with Gasteiger partial charge in [-0.2, -0.15) is 0 Å². The summed E-state index contributed by atoms with van der Waals surface area (Å²) in [6.45, 7) is 1.81. The standard InChI is InChI=1S/C8H17N3O/c1-9-11-5-4-7(6-11)8(12)10(2)3/h7,9H,4-6H2,1-3H3. The van der Waals surface area contributed by atoms with Crippen LogP contribution in [0.5, 0.6) is 0 Å². The Balaban J connectivity index is 2.41. The Morgan fingerprint density at radius 1 is 1.58 bits per heavy atom. The summed E-state index contributed by atoms with van der Waals surface area (Å²) in [5.41, 5.74) is 3.05. The van der Waals surface area contributed by atoms with Gasteiger partial charge in [0.25, 0.3) is 0 Å². The number of hydrazine groups is 1. The van der Waals surface area contributed by atoms with E-state index in [1.54, 1.807) is 4.90 Å². The fourth-order valence-electron chi connectivity index (χ4n) is 1.53. The van der Waals surface area contributed by atoms with Crippen molar-refractivity contribution in [3.05, 3.63) is 0 Å². The van der Waals surface area contributed by atoms with Gasteiger partial charge < -0.3 is 4.90 Å². The van der Waals surface area contributed by atoms with Gasteiger partial charge in [-0.3, -0.25) is 10.2 Å². The van der Waals surface area contributed by atoms with Crippen molar-refractivity contribution in [3.8, 4) is 0 Å². The number of nitrogens with zero attached hydrogens (tertiary/aromatic N) is 2. The van der Waals surface area contributed by atoms with Gasteiger partial charge in [0, 0.05) is 27.2 Å². The Hall–Kier alpha value is -0.610. The molecule has 12 heavy (non-hydrogen) atoms. The van der Waals surface area contributed by atoms with E-state index in [4.69, 9.17) is 0 Å². The second-order valence-electron chi connectivity index (χ2n) is 3.39. The lowest BCUT2D eigenvalue weighted by molar-refractivity contribution is -0.132. The SMILES string of the molecule is CNN1CCC(C(=O)N(C)C)C1. The third-order valence-corrected chi connectivity index (χ3v) is 2.29. The summed E-state index contributed by atoms with van der Waals surface area (Å²) in [5.74, 6) is 0.431. The van der Waals surface area contributed by atoms with Crippen molar-refractivity contribution < 1.29 is 4.79 Å². The van der Waals surface area contributed by atoms with Crippen LogP contribution in [-0.4, -0.2) is 50.0 Å². The smallest absolute Gasteiger partial charge is 0.226 e. The highest BCUT2D eigenvalue weighted by atomic mass is 16.2. The first-order valence-electron chi connectivity index (χ1n) is 4.28. The molecule has 1 saturated heterocycles. The molecule has 4 nitrogen and oxygen atoms in total. The molecule has 1 aliphatic heterocycles. The highest BCUT2D eigenvalue weighted by Gasteiger charge is 2.28. The van der Waals surface area contributed by atoms with Crippen LogP contribution in [0, 0.1) is 5.92 Å². The van der Waals surface area contributed by atoms with Gasteiger partial charge in [-0.1, -0.05) is 0 Å². The largest absolute Gasteiger partial charge is 0.349 e. The van der Waals surface area contributed by atoms with E-state index < -0.39 is 0 Å². The number of hydrogen-bond acceptors (Lipinski definition) is 3. The predicted octanol–water partition coefficient (Wildman–Crippen LogP) is -0.469. The van der Waals surface area contributed by atoms with Gasteiger partial charge in [0.2, 0.25) is 5.91 Å².